The van der Waals surface area contributed by atoms with Crippen molar-refractivity contribution in [1.82, 2.24) is 15.0 Å². The van der Waals surface area contributed by atoms with Crippen molar-refractivity contribution in [3.63, 3.8) is 0 Å². The van der Waals surface area contributed by atoms with Crippen molar-refractivity contribution in [1.29, 1.82) is 0 Å². The highest BCUT2D eigenvalue weighted by atomic mass is 32.2. The first-order valence-electron chi connectivity index (χ1n) is 9.57. The fourth-order valence-corrected chi connectivity index (χ4v) is 3.95. The number of nitrogens with one attached hydrogen (secondary N) is 2. The molecule has 0 atom stereocenters. The van der Waals surface area contributed by atoms with Crippen LogP contribution in [-0.2, 0) is 10.0 Å². The van der Waals surface area contributed by atoms with Gasteiger partial charge in [-0.2, -0.15) is 0 Å². The molecular weight excluding hydrogens is 421 g/mol. The lowest BCUT2D eigenvalue weighted by Gasteiger charge is -2.10. The van der Waals surface area contributed by atoms with Crippen LogP contribution in [0.3, 0.4) is 0 Å². The van der Waals surface area contributed by atoms with E-state index < -0.39 is 26.6 Å². The van der Waals surface area contributed by atoms with E-state index >= 15 is 0 Å². The highest BCUT2D eigenvalue weighted by molar-refractivity contribution is 7.89. The van der Waals surface area contributed by atoms with Gasteiger partial charge in [-0.25, -0.2) is 17.5 Å². The van der Waals surface area contributed by atoms with Crippen LogP contribution in [0.2, 0.25) is 0 Å². The highest BCUT2D eigenvalue weighted by Gasteiger charge is 2.20. The Labute approximate surface area is 180 Å². The molecule has 0 aliphatic heterocycles. The van der Waals surface area contributed by atoms with Gasteiger partial charge < -0.3 is 10.1 Å². The molecule has 0 spiro atoms. The van der Waals surface area contributed by atoms with Gasteiger partial charge in [0.05, 0.1) is 6.61 Å². The largest absolute Gasteiger partial charge is 0.491 e. The zero-order valence-electron chi connectivity index (χ0n) is 16.7. The molecule has 1 heterocycles. The quantitative estimate of drug-likeness (QED) is 0.371. The minimum absolute atomic E-state index is 0.0412. The van der Waals surface area contributed by atoms with Crippen LogP contribution < -0.4 is 14.8 Å². The topological polar surface area (TPSA) is 97.4 Å². The minimum atomic E-state index is -4.09. The van der Waals surface area contributed by atoms with Crippen molar-refractivity contribution >= 4 is 26.8 Å². The summed E-state index contributed by atoms with van der Waals surface area (Å²) in [6.45, 7) is 4.01. The van der Waals surface area contributed by atoms with Crippen LogP contribution in [0.1, 0.15) is 16.8 Å². The maximum atomic E-state index is 14.0. The van der Waals surface area contributed by atoms with E-state index in [1.165, 1.54) is 12.1 Å². The van der Waals surface area contributed by atoms with Gasteiger partial charge in [0, 0.05) is 30.2 Å². The molecule has 1 amide bonds. The number of aromatic nitrogens is 1. The molecule has 0 bridgehead atoms. The Hall–Kier alpha value is -3.30. The van der Waals surface area contributed by atoms with Crippen LogP contribution in [0.15, 0.2) is 72.3 Å². The third kappa shape index (κ3) is 5.65. The smallest absolute Gasteiger partial charge is 0.251 e. The molecule has 0 radical (unpaired) electrons. The van der Waals surface area contributed by atoms with Gasteiger partial charge in [0.25, 0.3) is 5.91 Å². The molecule has 3 rings (SSSR count). The van der Waals surface area contributed by atoms with Gasteiger partial charge in [-0.3, -0.25) is 9.78 Å². The molecule has 0 fully saturated rings. The van der Waals surface area contributed by atoms with E-state index in [0.29, 0.717) is 25.3 Å². The zero-order valence-corrected chi connectivity index (χ0v) is 17.5. The number of amides is 1. The van der Waals surface area contributed by atoms with Gasteiger partial charge in [0.1, 0.15) is 22.0 Å². The van der Waals surface area contributed by atoms with E-state index in [4.69, 9.17) is 4.74 Å². The van der Waals surface area contributed by atoms with E-state index in [0.717, 1.165) is 23.0 Å². The number of ether oxygens (including phenoxy) is 1. The lowest BCUT2D eigenvalue weighted by molar-refractivity contribution is 0.0951. The number of sulfonamides is 1. The maximum absolute atomic E-state index is 14.0. The molecule has 2 N–H and O–H groups in total. The Bertz CT molecular complexity index is 1190. The lowest BCUT2D eigenvalue weighted by atomic mass is 10.2. The van der Waals surface area contributed by atoms with Crippen molar-refractivity contribution in [2.45, 2.75) is 11.3 Å². The Morgan fingerprint density at radius 1 is 1.19 bits per heavy atom. The Morgan fingerprint density at radius 2 is 2.00 bits per heavy atom. The van der Waals surface area contributed by atoms with Crippen molar-refractivity contribution in [3.05, 3.63) is 78.8 Å². The number of carbonyl (C=O) groups is 1. The van der Waals surface area contributed by atoms with Gasteiger partial charge in [-0.1, -0.05) is 24.3 Å². The molecule has 1 aromatic heterocycles. The third-order valence-corrected chi connectivity index (χ3v) is 5.80. The second-order valence-corrected chi connectivity index (χ2v) is 8.31. The van der Waals surface area contributed by atoms with Gasteiger partial charge in [-0.15, -0.1) is 6.58 Å². The number of nitrogens with zero attached hydrogens (tertiary/aromatic N) is 1. The number of benzene rings is 2. The number of hydrogen-bond acceptors (Lipinski definition) is 5. The van der Waals surface area contributed by atoms with Crippen molar-refractivity contribution in [2.24, 2.45) is 0 Å². The highest BCUT2D eigenvalue weighted by Crippen LogP contribution is 2.23. The molecule has 0 saturated heterocycles. The SMILES string of the molecule is C=CCNS(=O)(=O)c1cc(C(=O)NCCCOc2cccc3cccnc23)ccc1F. The summed E-state index contributed by atoms with van der Waals surface area (Å²) in [5.41, 5.74) is 0.804. The summed E-state index contributed by atoms with van der Waals surface area (Å²) in [4.78, 5) is 16.1. The number of hydrogen-bond donors (Lipinski definition) is 2. The zero-order chi connectivity index (χ0) is 22.3. The molecule has 9 heteroatoms. The van der Waals surface area contributed by atoms with Crippen LogP contribution in [0.5, 0.6) is 5.75 Å². The normalized spacial score (nSPS) is 11.3. The lowest BCUT2D eigenvalue weighted by Crippen LogP contribution is -2.27. The summed E-state index contributed by atoms with van der Waals surface area (Å²) < 4.78 is 46.3. The Kier molecular flexibility index (Phi) is 7.32. The average Bonchev–Trinajstić information content (AvgIpc) is 2.77. The Morgan fingerprint density at radius 3 is 2.81 bits per heavy atom. The summed E-state index contributed by atoms with van der Waals surface area (Å²) >= 11 is 0. The van der Waals surface area contributed by atoms with Crippen LogP contribution in [-0.4, -0.2) is 39.0 Å². The second-order valence-electron chi connectivity index (χ2n) is 6.57. The van der Waals surface area contributed by atoms with Gasteiger partial charge in [-0.05, 0) is 36.8 Å². The molecule has 0 aliphatic rings. The molecule has 162 valence electrons. The molecule has 3 aromatic rings. The fourth-order valence-electron chi connectivity index (χ4n) is 2.85. The molecular formula is C22H22FN3O4S. The number of carbonyl (C=O) groups excluding carboxylic acids is 1. The second kappa shape index (κ2) is 10.1. The monoisotopic (exact) mass is 443 g/mol. The fraction of sp³-hybridized carbons (Fsp3) is 0.182. The van der Waals surface area contributed by atoms with Gasteiger partial charge in [0.15, 0.2) is 0 Å². The van der Waals surface area contributed by atoms with Crippen LogP contribution in [0, 0.1) is 5.82 Å². The van der Waals surface area contributed by atoms with E-state index in [-0.39, 0.29) is 12.1 Å². The average molecular weight is 444 g/mol. The van der Waals surface area contributed by atoms with E-state index in [1.807, 2.05) is 30.3 Å². The molecule has 7 nitrogen and oxygen atoms in total. The van der Waals surface area contributed by atoms with E-state index in [1.54, 1.807) is 6.20 Å². The molecule has 31 heavy (non-hydrogen) atoms. The number of rotatable bonds is 10. The summed E-state index contributed by atoms with van der Waals surface area (Å²) in [5, 5.41) is 3.65. The molecule has 0 unspecified atom stereocenters. The van der Waals surface area contributed by atoms with Crippen LogP contribution in [0.25, 0.3) is 10.9 Å². The van der Waals surface area contributed by atoms with E-state index in [2.05, 4.69) is 21.6 Å². The van der Waals surface area contributed by atoms with Crippen LogP contribution >= 0.6 is 0 Å². The molecule has 2 aromatic carbocycles. The summed E-state index contributed by atoms with van der Waals surface area (Å²) in [6, 6.07) is 12.6. The van der Waals surface area contributed by atoms with Crippen molar-refractivity contribution in [3.8, 4) is 5.75 Å². The van der Waals surface area contributed by atoms with Crippen molar-refractivity contribution < 1.29 is 22.3 Å². The predicted octanol–water partition coefficient (Wildman–Crippen LogP) is 3.04. The molecule has 0 saturated carbocycles. The number of fused-ring (bicyclic) bond motifs is 1. The number of pyridine rings is 1. The van der Waals surface area contributed by atoms with Gasteiger partial charge in [0.2, 0.25) is 10.0 Å². The first-order chi connectivity index (χ1) is 14.9. The summed E-state index contributed by atoms with van der Waals surface area (Å²) in [7, 11) is -4.09. The standard InChI is InChI=1S/C22H22FN3O4S/c1-2-11-26-31(28,29)20-15-17(9-10-18(20)23)22(27)25-13-5-14-30-19-8-3-6-16-7-4-12-24-21(16)19/h2-4,6-10,12,15,26H,1,5,11,13-14H2,(H,25,27). The number of para-hydroxylation sites is 1. The summed E-state index contributed by atoms with van der Waals surface area (Å²) in [6.07, 6.45) is 3.55. The van der Waals surface area contributed by atoms with Crippen LogP contribution in [0.4, 0.5) is 4.39 Å². The van der Waals surface area contributed by atoms with Gasteiger partial charge >= 0.3 is 0 Å². The third-order valence-electron chi connectivity index (χ3n) is 4.36. The maximum Gasteiger partial charge on any atom is 0.251 e. The molecule has 0 aliphatic carbocycles. The first-order valence-corrected chi connectivity index (χ1v) is 11.1. The minimum Gasteiger partial charge on any atom is -0.491 e. The number of halogens is 1. The summed E-state index contributed by atoms with van der Waals surface area (Å²) in [5.74, 6) is -0.790. The Balaban J connectivity index is 1.55. The van der Waals surface area contributed by atoms with Crippen molar-refractivity contribution in [2.75, 3.05) is 19.7 Å². The predicted molar refractivity (Wildman–Crippen MR) is 116 cm³/mol. The first kappa shape index (κ1) is 22.4. The van der Waals surface area contributed by atoms with E-state index in [9.17, 15) is 17.6 Å².